The minimum Gasteiger partial charge on any atom is -0.0622 e. The summed E-state index contributed by atoms with van der Waals surface area (Å²) < 4.78 is 0. The summed E-state index contributed by atoms with van der Waals surface area (Å²) in [7, 11) is 0. The van der Waals surface area contributed by atoms with Crippen molar-refractivity contribution in [3.05, 3.63) is 216 Å². The van der Waals surface area contributed by atoms with E-state index in [-0.39, 0.29) is 0 Å². The van der Waals surface area contributed by atoms with Crippen molar-refractivity contribution in [2.24, 2.45) is 0 Å². The summed E-state index contributed by atoms with van der Waals surface area (Å²) in [6.45, 7) is 0. The van der Waals surface area contributed by atoms with Crippen molar-refractivity contribution in [1.82, 2.24) is 0 Å². The third-order valence-corrected chi connectivity index (χ3v) is 10.7. The van der Waals surface area contributed by atoms with Crippen LogP contribution in [0.4, 0.5) is 0 Å². The van der Waals surface area contributed by atoms with Crippen LogP contribution in [0.3, 0.4) is 0 Å². The molecular weight excluding hydrogens is 589 g/mol. The standard InChI is InChI=1S/C49H32/c1-4-15-34(16-5-1)44-32-46-41(40-28-27-35(31-45(40)44)39-25-14-18-33-17-10-11-23-38(33)39)29-30-43-42-24-12-13-26-47(42)49(48(43)46,36-19-6-2-7-20-36)37-21-8-3-9-22-37/h1-32H. The summed E-state index contributed by atoms with van der Waals surface area (Å²) in [5.74, 6) is 0. The maximum absolute atomic E-state index is 2.49. The molecule has 0 heterocycles. The van der Waals surface area contributed by atoms with Gasteiger partial charge in [-0.3, -0.25) is 0 Å². The number of fused-ring (bicyclic) bond motifs is 8. The predicted molar refractivity (Wildman–Crippen MR) is 207 cm³/mol. The van der Waals surface area contributed by atoms with Crippen LogP contribution in [0.25, 0.3) is 65.7 Å². The highest BCUT2D eigenvalue weighted by molar-refractivity contribution is 6.18. The first-order valence-electron chi connectivity index (χ1n) is 17.1. The van der Waals surface area contributed by atoms with E-state index in [0.717, 1.165) is 0 Å². The molecule has 49 heavy (non-hydrogen) atoms. The quantitative estimate of drug-likeness (QED) is 0.172. The Balaban J connectivity index is 1.36. The molecule has 0 spiro atoms. The van der Waals surface area contributed by atoms with E-state index in [0.29, 0.717) is 0 Å². The van der Waals surface area contributed by atoms with Crippen LogP contribution in [0.1, 0.15) is 22.3 Å². The van der Waals surface area contributed by atoms with Gasteiger partial charge in [-0.05, 0) is 100 Å². The molecule has 0 unspecified atom stereocenters. The zero-order chi connectivity index (χ0) is 32.4. The van der Waals surface area contributed by atoms with Crippen molar-refractivity contribution in [1.29, 1.82) is 0 Å². The lowest BCUT2D eigenvalue weighted by Crippen LogP contribution is -2.28. The number of benzene rings is 9. The van der Waals surface area contributed by atoms with E-state index in [1.165, 1.54) is 88.0 Å². The second kappa shape index (κ2) is 10.9. The molecular formula is C49H32. The smallest absolute Gasteiger partial charge is 0.0622 e. The third-order valence-electron chi connectivity index (χ3n) is 10.7. The van der Waals surface area contributed by atoms with Gasteiger partial charge in [0.25, 0.3) is 0 Å². The van der Waals surface area contributed by atoms with Crippen molar-refractivity contribution in [3.8, 4) is 33.4 Å². The molecule has 0 saturated heterocycles. The molecule has 0 fully saturated rings. The van der Waals surface area contributed by atoms with Gasteiger partial charge in [0.15, 0.2) is 0 Å². The molecule has 0 atom stereocenters. The summed E-state index contributed by atoms with van der Waals surface area (Å²) in [5, 5.41) is 7.65. The lowest BCUT2D eigenvalue weighted by Gasteiger charge is -2.35. The Morgan fingerprint density at radius 1 is 0.286 bits per heavy atom. The van der Waals surface area contributed by atoms with Crippen LogP contribution in [0.15, 0.2) is 194 Å². The fraction of sp³-hybridized carbons (Fsp3) is 0.0204. The van der Waals surface area contributed by atoms with Crippen molar-refractivity contribution in [2.75, 3.05) is 0 Å². The Hall–Kier alpha value is -6.24. The lowest BCUT2D eigenvalue weighted by atomic mass is 9.66. The van der Waals surface area contributed by atoms with Gasteiger partial charge in [-0.1, -0.05) is 182 Å². The average Bonchev–Trinajstić information content (AvgIpc) is 3.50. The monoisotopic (exact) mass is 620 g/mol. The van der Waals surface area contributed by atoms with E-state index in [2.05, 4.69) is 194 Å². The maximum atomic E-state index is 2.49. The van der Waals surface area contributed by atoms with Gasteiger partial charge in [-0.25, -0.2) is 0 Å². The minimum absolute atomic E-state index is 0.474. The zero-order valence-corrected chi connectivity index (χ0v) is 27.0. The summed E-state index contributed by atoms with van der Waals surface area (Å²) in [5.41, 5.74) is 12.4. The molecule has 1 aliphatic rings. The third kappa shape index (κ3) is 4.04. The van der Waals surface area contributed by atoms with E-state index >= 15 is 0 Å². The van der Waals surface area contributed by atoms with Gasteiger partial charge in [-0.2, -0.15) is 0 Å². The molecule has 1 aliphatic carbocycles. The fourth-order valence-corrected chi connectivity index (χ4v) is 8.68. The van der Waals surface area contributed by atoms with Crippen molar-refractivity contribution < 1.29 is 0 Å². The molecule has 0 nitrogen and oxygen atoms in total. The molecule has 9 aromatic rings. The Morgan fingerprint density at radius 3 is 1.65 bits per heavy atom. The van der Waals surface area contributed by atoms with Crippen LogP contribution < -0.4 is 0 Å². The SMILES string of the molecule is c1ccc(-c2cc3c4c(ccc3c3ccc(-c5cccc6ccccc56)cc23)-c2ccccc2C4(c2ccccc2)c2ccccc2)cc1. The number of hydrogen-bond donors (Lipinski definition) is 0. The lowest BCUT2D eigenvalue weighted by molar-refractivity contribution is 0.775. The Bertz CT molecular complexity index is 2640. The Kier molecular flexibility index (Phi) is 6.19. The van der Waals surface area contributed by atoms with Gasteiger partial charge in [0.2, 0.25) is 0 Å². The first-order chi connectivity index (χ1) is 24.3. The highest BCUT2D eigenvalue weighted by Gasteiger charge is 2.47. The maximum Gasteiger partial charge on any atom is 0.0719 e. The number of rotatable bonds is 4. The van der Waals surface area contributed by atoms with Crippen LogP contribution in [-0.4, -0.2) is 0 Å². The summed E-state index contributed by atoms with van der Waals surface area (Å²) >= 11 is 0. The fourth-order valence-electron chi connectivity index (χ4n) is 8.68. The average molecular weight is 621 g/mol. The predicted octanol–water partition coefficient (Wildman–Crippen LogP) is 12.8. The van der Waals surface area contributed by atoms with Crippen LogP contribution in [0.5, 0.6) is 0 Å². The largest absolute Gasteiger partial charge is 0.0719 e. The van der Waals surface area contributed by atoms with Gasteiger partial charge < -0.3 is 0 Å². The summed E-state index contributed by atoms with van der Waals surface area (Å²) in [4.78, 5) is 0. The molecule has 0 heteroatoms. The molecule has 0 bridgehead atoms. The highest BCUT2D eigenvalue weighted by atomic mass is 14.5. The second-order valence-corrected chi connectivity index (χ2v) is 13.2. The number of hydrogen-bond acceptors (Lipinski definition) is 0. The zero-order valence-electron chi connectivity index (χ0n) is 27.0. The molecule has 10 rings (SSSR count). The van der Waals surface area contributed by atoms with E-state index in [1.807, 2.05) is 0 Å². The van der Waals surface area contributed by atoms with Gasteiger partial charge in [0.05, 0.1) is 5.41 Å². The van der Waals surface area contributed by atoms with E-state index in [4.69, 9.17) is 0 Å². The van der Waals surface area contributed by atoms with Crippen molar-refractivity contribution >= 4 is 32.3 Å². The molecule has 228 valence electrons. The van der Waals surface area contributed by atoms with Gasteiger partial charge >= 0.3 is 0 Å². The molecule has 0 aromatic heterocycles. The highest BCUT2D eigenvalue weighted by Crippen LogP contribution is 2.58. The molecule has 0 amide bonds. The normalized spacial score (nSPS) is 13.1. The van der Waals surface area contributed by atoms with Crippen LogP contribution in [-0.2, 0) is 5.41 Å². The van der Waals surface area contributed by atoms with Crippen LogP contribution in [0.2, 0.25) is 0 Å². The first-order valence-corrected chi connectivity index (χ1v) is 17.1. The van der Waals surface area contributed by atoms with Crippen molar-refractivity contribution in [3.63, 3.8) is 0 Å². The molecule has 9 aromatic carbocycles. The van der Waals surface area contributed by atoms with Gasteiger partial charge in [0.1, 0.15) is 0 Å². The summed E-state index contributed by atoms with van der Waals surface area (Å²) in [6.07, 6.45) is 0. The second-order valence-electron chi connectivity index (χ2n) is 13.2. The van der Waals surface area contributed by atoms with Crippen LogP contribution in [0, 0.1) is 0 Å². The Labute approximate surface area is 286 Å². The molecule has 0 N–H and O–H groups in total. The minimum atomic E-state index is -0.474. The van der Waals surface area contributed by atoms with Crippen molar-refractivity contribution in [2.45, 2.75) is 5.41 Å². The molecule has 0 aliphatic heterocycles. The van der Waals surface area contributed by atoms with Crippen LogP contribution >= 0.6 is 0 Å². The topological polar surface area (TPSA) is 0 Å². The van der Waals surface area contributed by atoms with Gasteiger partial charge in [-0.15, -0.1) is 0 Å². The molecule has 0 radical (unpaired) electrons. The van der Waals surface area contributed by atoms with Gasteiger partial charge in [0, 0.05) is 0 Å². The Morgan fingerprint density at radius 2 is 0.878 bits per heavy atom. The van der Waals surface area contributed by atoms with E-state index < -0.39 is 5.41 Å². The molecule has 0 saturated carbocycles. The van der Waals surface area contributed by atoms with E-state index in [1.54, 1.807) is 0 Å². The first kappa shape index (κ1) is 27.8. The summed E-state index contributed by atoms with van der Waals surface area (Å²) in [6, 6.07) is 71.9. The van der Waals surface area contributed by atoms with E-state index in [9.17, 15) is 0 Å².